The topological polar surface area (TPSA) is 65.5 Å². The van der Waals surface area contributed by atoms with E-state index in [2.05, 4.69) is 10.3 Å². The van der Waals surface area contributed by atoms with Crippen LogP contribution in [0.1, 0.15) is 63.4 Å². The van der Waals surface area contributed by atoms with Crippen molar-refractivity contribution in [3.05, 3.63) is 23.9 Å². The van der Waals surface area contributed by atoms with Crippen molar-refractivity contribution in [3.8, 4) is 0 Å². The maximum Gasteiger partial charge on any atom is 0.419 e. The molecule has 3 heterocycles. The third-order valence-corrected chi connectivity index (χ3v) is 7.29. The van der Waals surface area contributed by atoms with E-state index in [1.807, 2.05) is 4.90 Å². The number of rotatable bonds is 4. The second-order valence-corrected chi connectivity index (χ2v) is 9.60. The maximum absolute atomic E-state index is 13.4. The summed E-state index contributed by atoms with van der Waals surface area (Å²) in [6.45, 7) is 1.85. The molecule has 3 fully saturated rings. The van der Waals surface area contributed by atoms with Crippen LogP contribution in [0.2, 0.25) is 0 Å². The van der Waals surface area contributed by atoms with Crippen LogP contribution in [-0.2, 0) is 15.8 Å². The third kappa shape index (κ3) is 5.79. The Morgan fingerprint density at radius 2 is 1.64 bits per heavy atom. The summed E-state index contributed by atoms with van der Waals surface area (Å²) in [4.78, 5) is 33.1. The molecule has 1 atom stereocenters. The minimum Gasteiger partial charge on any atom is -0.355 e. The van der Waals surface area contributed by atoms with E-state index in [9.17, 15) is 22.8 Å². The highest BCUT2D eigenvalue weighted by molar-refractivity contribution is 5.80. The van der Waals surface area contributed by atoms with E-state index >= 15 is 0 Å². The second kappa shape index (κ2) is 10.3. The quantitative estimate of drug-likeness (QED) is 0.729. The Kier molecular flexibility index (Phi) is 7.44. The SMILES string of the molecule is O=C(NC1CCN(C(=O)C2CCCN(c3ncccc3C(F)(F)F)C2)CC1)C1CCCCC1. The van der Waals surface area contributed by atoms with E-state index in [1.54, 1.807) is 4.90 Å². The fourth-order valence-corrected chi connectivity index (χ4v) is 5.43. The Hall–Kier alpha value is -2.32. The molecule has 1 unspecified atom stereocenters. The van der Waals surface area contributed by atoms with Crippen molar-refractivity contribution in [2.24, 2.45) is 11.8 Å². The molecule has 2 saturated heterocycles. The maximum atomic E-state index is 13.4. The summed E-state index contributed by atoms with van der Waals surface area (Å²) in [6, 6.07) is 2.42. The van der Waals surface area contributed by atoms with E-state index in [-0.39, 0.29) is 42.1 Å². The van der Waals surface area contributed by atoms with Crippen LogP contribution in [0, 0.1) is 11.8 Å². The molecule has 6 nitrogen and oxygen atoms in total. The molecule has 1 aliphatic carbocycles. The van der Waals surface area contributed by atoms with Gasteiger partial charge in [0.25, 0.3) is 0 Å². The van der Waals surface area contributed by atoms with E-state index < -0.39 is 11.7 Å². The van der Waals surface area contributed by atoms with Crippen LogP contribution >= 0.6 is 0 Å². The van der Waals surface area contributed by atoms with Gasteiger partial charge >= 0.3 is 6.18 Å². The predicted octanol–water partition coefficient (Wildman–Crippen LogP) is 4.00. The van der Waals surface area contributed by atoms with Crippen molar-refractivity contribution in [1.29, 1.82) is 0 Å². The lowest BCUT2D eigenvalue weighted by atomic mass is 9.88. The molecule has 0 aromatic carbocycles. The number of alkyl halides is 3. The highest BCUT2D eigenvalue weighted by atomic mass is 19.4. The Bertz CT molecular complexity index is 833. The van der Waals surface area contributed by atoms with Crippen LogP contribution < -0.4 is 10.2 Å². The monoisotopic (exact) mass is 466 g/mol. The minimum absolute atomic E-state index is 0.00115. The van der Waals surface area contributed by atoms with Gasteiger partial charge in [0.2, 0.25) is 11.8 Å². The number of carbonyl (C=O) groups excluding carboxylic acids is 2. The predicted molar refractivity (Wildman–Crippen MR) is 118 cm³/mol. The van der Waals surface area contributed by atoms with Crippen LogP contribution in [0.15, 0.2) is 18.3 Å². The number of aromatic nitrogens is 1. The standard InChI is InChI=1S/C24H33F3N4O2/c25-24(26,27)20-9-4-12-28-21(20)31-13-5-8-18(16-31)23(33)30-14-10-19(11-15-30)29-22(32)17-6-2-1-3-7-17/h4,9,12,17-19H,1-3,5-8,10-11,13-16H2,(H,29,32). The summed E-state index contributed by atoms with van der Waals surface area (Å²) >= 11 is 0. The molecule has 1 N–H and O–H groups in total. The van der Waals surface area contributed by atoms with Gasteiger partial charge in [0.05, 0.1) is 11.5 Å². The Morgan fingerprint density at radius 1 is 0.939 bits per heavy atom. The van der Waals surface area contributed by atoms with Crippen molar-refractivity contribution in [2.45, 2.75) is 70.0 Å². The average molecular weight is 467 g/mol. The van der Waals surface area contributed by atoms with E-state index in [4.69, 9.17) is 0 Å². The molecule has 0 radical (unpaired) electrons. The van der Waals surface area contributed by atoms with Gasteiger partial charge in [-0.15, -0.1) is 0 Å². The summed E-state index contributed by atoms with van der Waals surface area (Å²) in [6.07, 6.45) is 5.02. The Labute approximate surface area is 192 Å². The van der Waals surface area contributed by atoms with Gasteiger partial charge in [-0.1, -0.05) is 19.3 Å². The van der Waals surface area contributed by atoms with E-state index in [0.29, 0.717) is 32.5 Å². The fraction of sp³-hybridized carbons (Fsp3) is 0.708. The number of piperidine rings is 2. The summed E-state index contributed by atoms with van der Waals surface area (Å²) in [5.74, 6) is -0.152. The average Bonchev–Trinajstić information content (AvgIpc) is 2.84. The molecule has 4 rings (SSSR count). The van der Waals surface area contributed by atoms with Crippen molar-refractivity contribution in [3.63, 3.8) is 0 Å². The van der Waals surface area contributed by atoms with Gasteiger partial charge in [-0.25, -0.2) is 4.98 Å². The molecular weight excluding hydrogens is 433 g/mol. The van der Waals surface area contributed by atoms with Gasteiger partial charge in [-0.3, -0.25) is 9.59 Å². The Balaban J connectivity index is 1.31. The third-order valence-electron chi connectivity index (χ3n) is 7.29. The zero-order chi connectivity index (χ0) is 23.4. The number of hydrogen-bond acceptors (Lipinski definition) is 4. The molecule has 9 heteroatoms. The molecule has 3 aliphatic rings. The van der Waals surface area contributed by atoms with Crippen LogP contribution in [0.4, 0.5) is 19.0 Å². The van der Waals surface area contributed by atoms with Gasteiger partial charge in [0.15, 0.2) is 0 Å². The van der Waals surface area contributed by atoms with Crippen LogP contribution in [-0.4, -0.2) is 53.9 Å². The normalized spacial score (nSPS) is 23.4. The molecule has 0 bridgehead atoms. The first kappa shape index (κ1) is 23.8. The lowest BCUT2D eigenvalue weighted by Gasteiger charge is -2.39. The summed E-state index contributed by atoms with van der Waals surface area (Å²) in [7, 11) is 0. The number of carbonyl (C=O) groups is 2. The van der Waals surface area contributed by atoms with E-state index in [1.165, 1.54) is 18.7 Å². The molecule has 1 aromatic rings. The van der Waals surface area contributed by atoms with Gasteiger partial charge in [0, 0.05) is 44.3 Å². The van der Waals surface area contributed by atoms with Gasteiger partial charge in [0.1, 0.15) is 5.82 Å². The fourth-order valence-electron chi connectivity index (χ4n) is 5.43. The van der Waals surface area contributed by atoms with Crippen molar-refractivity contribution in [2.75, 3.05) is 31.1 Å². The smallest absolute Gasteiger partial charge is 0.355 e. The first-order valence-electron chi connectivity index (χ1n) is 12.2. The molecular formula is C24H33F3N4O2. The highest BCUT2D eigenvalue weighted by Gasteiger charge is 2.38. The first-order valence-corrected chi connectivity index (χ1v) is 12.2. The molecule has 1 saturated carbocycles. The molecule has 182 valence electrons. The minimum atomic E-state index is -4.48. The number of anilines is 1. The van der Waals surface area contributed by atoms with Gasteiger partial charge in [-0.2, -0.15) is 13.2 Å². The zero-order valence-electron chi connectivity index (χ0n) is 18.9. The highest BCUT2D eigenvalue weighted by Crippen LogP contribution is 2.36. The summed E-state index contributed by atoms with van der Waals surface area (Å²) in [5.41, 5.74) is -0.757. The number of amides is 2. The molecule has 2 amide bonds. The van der Waals surface area contributed by atoms with Crippen molar-refractivity contribution in [1.82, 2.24) is 15.2 Å². The first-order chi connectivity index (χ1) is 15.8. The zero-order valence-corrected chi connectivity index (χ0v) is 18.9. The van der Waals surface area contributed by atoms with Crippen LogP contribution in [0.5, 0.6) is 0 Å². The number of nitrogens with one attached hydrogen (secondary N) is 1. The van der Waals surface area contributed by atoms with Crippen LogP contribution in [0.3, 0.4) is 0 Å². The van der Waals surface area contributed by atoms with Crippen LogP contribution in [0.25, 0.3) is 0 Å². The van der Waals surface area contributed by atoms with Gasteiger partial charge in [-0.05, 0) is 50.7 Å². The number of hydrogen-bond donors (Lipinski definition) is 1. The number of halogens is 3. The molecule has 33 heavy (non-hydrogen) atoms. The second-order valence-electron chi connectivity index (χ2n) is 9.60. The lowest BCUT2D eigenvalue weighted by molar-refractivity contribution is -0.137. The number of likely N-dealkylation sites (tertiary alicyclic amines) is 1. The van der Waals surface area contributed by atoms with E-state index in [0.717, 1.165) is 44.6 Å². The lowest BCUT2D eigenvalue weighted by Crippen LogP contribution is -2.51. The summed E-state index contributed by atoms with van der Waals surface area (Å²) in [5, 5.41) is 3.18. The number of nitrogens with zero attached hydrogens (tertiary/aromatic N) is 3. The Morgan fingerprint density at radius 3 is 2.33 bits per heavy atom. The van der Waals surface area contributed by atoms with Gasteiger partial charge < -0.3 is 15.1 Å². The number of pyridine rings is 1. The summed E-state index contributed by atoms with van der Waals surface area (Å²) < 4.78 is 40.3. The molecule has 1 aromatic heterocycles. The molecule has 0 spiro atoms. The van der Waals surface area contributed by atoms with Crippen molar-refractivity contribution < 1.29 is 22.8 Å². The molecule has 2 aliphatic heterocycles. The largest absolute Gasteiger partial charge is 0.419 e. The van der Waals surface area contributed by atoms with Crippen molar-refractivity contribution >= 4 is 17.6 Å².